The standard InChI is InChI=1S/C15H15Cl2N3O4S/c1-3-20(14-13(15(21)24-2)18-6-7-19-14)25(22,23)9-10-4-5-11(16)12(17)8-10/h4-8H,3,9H2,1-2H3. The molecule has 25 heavy (non-hydrogen) atoms. The van der Waals surface area contributed by atoms with Gasteiger partial charge < -0.3 is 4.74 Å². The zero-order valence-electron chi connectivity index (χ0n) is 13.4. The smallest absolute Gasteiger partial charge is 0.360 e. The summed E-state index contributed by atoms with van der Waals surface area (Å²) < 4.78 is 31.3. The molecule has 0 amide bonds. The third kappa shape index (κ3) is 4.39. The van der Waals surface area contributed by atoms with Gasteiger partial charge in [0.15, 0.2) is 11.5 Å². The van der Waals surface area contributed by atoms with Gasteiger partial charge >= 0.3 is 5.97 Å². The van der Waals surface area contributed by atoms with Crippen molar-refractivity contribution in [1.82, 2.24) is 9.97 Å². The van der Waals surface area contributed by atoms with Crippen LogP contribution in [0.15, 0.2) is 30.6 Å². The van der Waals surface area contributed by atoms with Crippen molar-refractivity contribution >= 4 is 45.0 Å². The van der Waals surface area contributed by atoms with Crippen molar-refractivity contribution in [2.75, 3.05) is 18.0 Å². The molecule has 0 saturated carbocycles. The fourth-order valence-electron chi connectivity index (χ4n) is 2.15. The molecule has 0 saturated heterocycles. The Kier molecular flexibility index (Phi) is 6.21. The molecule has 1 heterocycles. The molecule has 7 nitrogen and oxygen atoms in total. The highest BCUT2D eigenvalue weighted by atomic mass is 35.5. The number of anilines is 1. The number of halogens is 2. The molecule has 2 aromatic rings. The molecule has 1 aromatic carbocycles. The predicted molar refractivity (Wildman–Crippen MR) is 95.5 cm³/mol. The average Bonchev–Trinajstić information content (AvgIpc) is 2.58. The molecule has 0 spiro atoms. The minimum atomic E-state index is -3.85. The quantitative estimate of drug-likeness (QED) is 0.688. The molecule has 0 aliphatic heterocycles. The Morgan fingerprint density at radius 2 is 1.88 bits per heavy atom. The van der Waals surface area contributed by atoms with Crippen LogP contribution in [0.2, 0.25) is 10.0 Å². The molecule has 1 aromatic heterocycles. The van der Waals surface area contributed by atoms with Gasteiger partial charge in [0.1, 0.15) is 0 Å². The highest BCUT2D eigenvalue weighted by Crippen LogP contribution is 2.26. The molecule has 0 radical (unpaired) electrons. The van der Waals surface area contributed by atoms with Gasteiger partial charge in [0, 0.05) is 18.9 Å². The summed E-state index contributed by atoms with van der Waals surface area (Å²) in [6, 6.07) is 4.57. The Hall–Kier alpha value is -1.90. The van der Waals surface area contributed by atoms with E-state index in [0.29, 0.717) is 10.6 Å². The van der Waals surface area contributed by atoms with E-state index in [-0.39, 0.29) is 28.8 Å². The lowest BCUT2D eigenvalue weighted by Crippen LogP contribution is -2.34. The molecular weight excluding hydrogens is 389 g/mol. The van der Waals surface area contributed by atoms with Gasteiger partial charge in [-0.25, -0.2) is 23.2 Å². The van der Waals surface area contributed by atoms with Crippen LogP contribution < -0.4 is 4.31 Å². The molecule has 2 rings (SSSR count). The number of carbonyl (C=O) groups excluding carboxylic acids is 1. The van der Waals surface area contributed by atoms with Crippen LogP contribution in [0.4, 0.5) is 5.82 Å². The van der Waals surface area contributed by atoms with Crippen LogP contribution >= 0.6 is 23.2 Å². The zero-order chi connectivity index (χ0) is 18.6. The monoisotopic (exact) mass is 403 g/mol. The van der Waals surface area contributed by atoms with E-state index in [0.717, 1.165) is 4.31 Å². The van der Waals surface area contributed by atoms with Crippen molar-refractivity contribution in [2.45, 2.75) is 12.7 Å². The molecular formula is C15H15Cl2N3O4S. The largest absolute Gasteiger partial charge is 0.464 e. The maximum atomic E-state index is 12.8. The van der Waals surface area contributed by atoms with Gasteiger partial charge in [0.25, 0.3) is 0 Å². The Bertz CT molecular complexity index is 890. The first-order valence-electron chi connectivity index (χ1n) is 7.13. The van der Waals surface area contributed by atoms with Gasteiger partial charge in [-0.2, -0.15) is 0 Å². The highest BCUT2D eigenvalue weighted by molar-refractivity contribution is 7.92. The van der Waals surface area contributed by atoms with Crippen molar-refractivity contribution in [3.8, 4) is 0 Å². The van der Waals surface area contributed by atoms with Gasteiger partial charge in [0.2, 0.25) is 10.0 Å². The fourth-order valence-corrected chi connectivity index (χ4v) is 4.02. The van der Waals surface area contributed by atoms with E-state index in [1.807, 2.05) is 0 Å². The Balaban J connectivity index is 2.42. The minimum Gasteiger partial charge on any atom is -0.464 e. The molecule has 0 aliphatic carbocycles. The zero-order valence-corrected chi connectivity index (χ0v) is 15.8. The number of esters is 1. The number of hydrogen-bond acceptors (Lipinski definition) is 6. The van der Waals surface area contributed by atoms with Crippen LogP contribution in [0.5, 0.6) is 0 Å². The molecule has 10 heteroatoms. The summed E-state index contributed by atoms with van der Waals surface area (Å²) in [7, 11) is -2.67. The predicted octanol–water partition coefficient (Wildman–Crippen LogP) is 2.93. The summed E-state index contributed by atoms with van der Waals surface area (Å²) in [5, 5.41) is 0.587. The van der Waals surface area contributed by atoms with Crippen molar-refractivity contribution in [1.29, 1.82) is 0 Å². The molecule has 0 bridgehead atoms. The topological polar surface area (TPSA) is 89.5 Å². The van der Waals surface area contributed by atoms with E-state index < -0.39 is 16.0 Å². The molecule has 134 valence electrons. The first kappa shape index (κ1) is 19.4. The van der Waals surface area contributed by atoms with Gasteiger partial charge in [-0.05, 0) is 24.6 Å². The maximum Gasteiger partial charge on any atom is 0.360 e. The summed E-state index contributed by atoms with van der Waals surface area (Å²) in [6.07, 6.45) is 2.59. The number of sulfonamides is 1. The van der Waals surface area contributed by atoms with Gasteiger partial charge in [-0.3, -0.25) is 4.31 Å². The number of hydrogen-bond donors (Lipinski definition) is 0. The normalized spacial score (nSPS) is 11.2. The minimum absolute atomic E-state index is 0.0618. The third-order valence-corrected chi connectivity index (χ3v) is 5.79. The van der Waals surface area contributed by atoms with Crippen LogP contribution in [0.1, 0.15) is 23.0 Å². The second-order valence-corrected chi connectivity index (χ2v) is 7.60. The van der Waals surface area contributed by atoms with Crippen molar-refractivity contribution in [2.24, 2.45) is 0 Å². The second-order valence-electron chi connectivity index (χ2n) is 4.89. The van der Waals surface area contributed by atoms with E-state index in [9.17, 15) is 13.2 Å². The van der Waals surface area contributed by atoms with Gasteiger partial charge in [0.05, 0.1) is 22.9 Å². The molecule has 0 unspecified atom stereocenters. The van der Waals surface area contributed by atoms with Crippen LogP contribution in [0.3, 0.4) is 0 Å². The molecule has 0 N–H and O–H groups in total. The Morgan fingerprint density at radius 3 is 2.48 bits per heavy atom. The second kappa shape index (κ2) is 7.99. The number of methoxy groups -OCH3 is 1. The third-order valence-electron chi connectivity index (χ3n) is 3.25. The lowest BCUT2D eigenvalue weighted by Gasteiger charge is -2.22. The molecule has 0 aliphatic rings. The summed E-state index contributed by atoms with van der Waals surface area (Å²) >= 11 is 11.8. The van der Waals surface area contributed by atoms with E-state index in [2.05, 4.69) is 14.7 Å². The summed E-state index contributed by atoms with van der Waals surface area (Å²) in [5.74, 6) is -1.20. The number of aromatic nitrogens is 2. The fraction of sp³-hybridized carbons (Fsp3) is 0.267. The van der Waals surface area contributed by atoms with Crippen molar-refractivity contribution < 1.29 is 17.9 Å². The number of ether oxygens (including phenoxy) is 1. The molecule has 0 fully saturated rings. The molecule has 0 atom stereocenters. The first-order chi connectivity index (χ1) is 11.8. The van der Waals surface area contributed by atoms with Crippen LogP contribution in [-0.2, 0) is 20.5 Å². The summed E-state index contributed by atoms with van der Waals surface area (Å²) in [4.78, 5) is 19.7. The lowest BCUT2D eigenvalue weighted by molar-refractivity contribution is 0.0594. The number of rotatable bonds is 6. The van der Waals surface area contributed by atoms with Crippen molar-refractivity contribution in [3.05, 3.63) is 51.9 Å². The highest BCUT2D eigenvalue weighted by Gasteiger charge is 2.28. The Labute approximate surface area is 155 Å². The first-order valence-corrected chi connectivity index (χ1v) is 9.50. The van der Waals surface area contributed by atoms with Gasteiger partial charge in [-0.15, -0.1) is 0 Å². The maximum absolute atomic E-state index is 12.8. The van der Waals surface area contributed by atoms with E-state index in [1.165, 1.54) is 31.6 Å². The summed E-state index contributed by atoms with van der Waals surface area (Å²) in [6.45, 7) is 1.69. The number of carbonyl (C=O) groups is 1. The SMILES string of the molecule is CCN(c1nccnc1C(=O)OC)S(=O)(=O)Cc1ccc(Cl)c(Cl)c1. The Morgan fingerprint density at radius 1 is 1.20 bits per heavy atom. The van der Waals surface area contributed by atoms with Crippen LogP contribution in [-0.4, -0.2) is 38.0 Å². The number of benzene rings is 1. The van der Waals surface area contributed by atoms with E-state index in [1.54, 1.807) is 13.0 Å². The average molecular weight is 404 g/mol. The number of nitrogens with zero attached hydrogens (tertiary/aromatic N) is 3. The summed E-state index contributed by atoms with van der Waals surface area (Å²) in [5.41, 5.74) is 0.279. The van der Waals surface area contributed by atoms with Crippen LogP contribution in [0, 0.1) is 0 Å². The van der Waals surface area contributed by atoms with E-state index >= 15 is 0 Å². The van der Waals surface area contributed by atoms with E-state index in [4.69, 9.17) is 23.2 Å². The van der Waals surface area contributed by atoms with Gasteiger partial charge in [-0.1, -0.05) is 29.3 Å². The van der Waals surface area contributed by atoms with Crippen LogP contribution in [0.25, 0.3) is 0 Å². The lowest BCUT2D eigenvalue weighted by atomic mass is 10.2. The van der Waals surface area contributed by atoms with Crippen molar-refractivity contribution in [3.63, 3.8) is 0 Å².